The largest absolute Gasteiger partial charge is 0.352 e. The van der Waals surface area contributed by atoms with Crippen LogP contribution in [0.4, 0.5) is 0 Å². The number of aryl methyl sites for hydroxylation is 1. The van der Waals surface area contributed by atoms with Crippen LogP contribution in [-0.4, -0.2) is 33.4 Å². The first-order valence-electron chi connectivity index (χ1n) is 6.52. The number of aromatic amines is 1. The average Bonchev–Trinajstić information content (AvgIpc) is 3.03. The van der Waals surface area contributed by atoms with Gasteiger partial charge in [-0.15, -0.1) is 11.8 Å². The molecule has 1 amide bonds. The van der Waals surface area contributed by atoms with Crippen LogP contribution in [0.5, 0.6) is 0 Å². The minimum absolute atomic E-state index is 0.117. The standard InChI is InChI=1S/C14H15N5OS/c15-7-9-21-12-5-2-1-4-11(12)14(20)16-8-3-6-13-17-10-18-19-13/h1-2,4-5,10H,3,6,8-9H2,(H,16,20)(H,17,18,19). The molecule has 0 spiro atoms. The highest BCUT2D eigenvalue weighted by Crippen LogP contribution is 2.21. The van der Waals surface area contributed by atoms with Crippen LogP contribution in [-0.2, 0) is 6.42 Å². The van der Waals surface area contributed by atoms with Crippen LogP contribution in [0.25, 0.3) is 0 Å². The fourth-order valence-corrected chi connectivity index (χ4v) is 2.51. The summed E-state index contributed by atoms with van der Waals surface area (Å²) in [4.78, 5) is 17.0. The monoisotopic (exact) mass is 301 g/mol. The van der Waals surface area contributed by atoms with Gasteiger partial charge in [-0.05, 0) is 18.6 Å². The van der Waals surface area contributed by atoms with Crippen molar-refractivity contribution in [2.24, 2.45) is 0 Å². The number of rotatable bonds is 7. The molecule has 1 aromatic heterocycles. The van der Waals surface area contributed by atoms with E-state index in [1.54, 1.807) is 6.07 Å². The van der Waals surface area contributed by atoms with Crippen molar-refractivity contribution in [1.29, 1.82) is 5.26 Å². The number of nitriles is 1. The second-order valence-electron chi connectivity index (χ2n) is 4.23. The lowest BCUT2D eigenvalue weighted by atomic mass is 10.2. The number of carbonyl (C=O) groups excluding carboxylic acids is 1. The molecule has 1 aromatic carbocycles. The molecule has 1 heterocycles. The second-order valence-corrected chi connectivity index (χ2v) is 5.25. The van der Waals surface area contributed by atoms with E-state index in [2.05, 4.69) is 26.6 Å². The number of benzene rings is 1. The zero-order valence-electron chi connectivity index (χ0n) is 11.4. The van der Waals surface area contributed by atoms with Crippen molar-refractivity contribution in [1.82, 2.24) is 20.5 Å². The topological polar surface area (TPSA) is 94.5 Å². The SMILES string of the molecule is N#CCSc1ccccc1C(=O)NCCCc1ncn[nH]1. The summed E-state index contributed by atoms with van der Waals surface area (Å²) in [5, 5.41) is 18.1. The van der Waals surface area contributed by atoms with Crippen molar-refractivity contribution >= 4 is 17.7 Å². The van der Waals surface area contributed by atoms with Gasteiger partial charge in [-0.2, -0.15) is 10.4 Å². The van der Waals surface area contributed by atoms with Crippen molar-refractivity contribution in [3.63, 3.8) is 0 Å². The first-order chi connectivity index (χ1) is 10.3. The normalized spacial score (nSPS) is 10.0. The third kappa shape index (κ3) is 4.61. The molecule has 7 heteroatoms. The van der Waals surface area contributed by atoms with Crippen LogP contribution in [0, 0.1) is 11.3 Å². The lowest BCUT2D eigenvalue weighted by molar-refractivity contribution is 0.0950. The second kappa shape index (κ2) is 8.07. The summed E-state index contributed by atoms with van der Waals surface area (Å²) in [6.07, 6.45) is 3.00. The van der Waals surface area contributed by atoms with Gasteiger partial charge in [-0.3, -0.25) is 9.89 Å². The third-order valence-electron chi connectivity index (χ3n) is 2.76. The summed E-state index contributed by atoms with van der Waals surface area (Å²) in [5.41, 5.74) is 0.609. The minimum Gasteiger partial charge on any atom is -0.352 e. The summed E-state index contributed by atoms with van der Waals surface area (Å²) >= 11 is 1.37. The lowest BCUT2D eigenvalue weighted by Crippen LogP contribution is -2.25. The Kier molecular flexibility index (Phi) is 5.79. The third-order valence-corrected chi connectivity index (χ3v) is 3.71. The van der Waals surface area contributed by atoms with E-state index in [1.165, 1.54) is 18.1 Å². The van der Waals surface area contributed by atoms with Crippen LogP contribution >= 0.6 is 11.8 Å². The van der Waals surface area contributed by atoms with Gasteiger partial charge in [0.15, 0.2) is 0 Å². The van der Waals surface area contributed by atoms with Crippen molar-refractivity contribution in [2.45, 2.75) is 17.7 Å². The number of nitrogens with zero attached hydrogens (tertiary/aromatic N) is 3. The van der Waals surface area contributed by atoms with E-state index in [0.29, 0.717) is 17.9 Å². The van der Waals surface area contributed by atoms with E-state index in [-0.39, 0.29) is 5.91 Å². The van der Waals surface area contributed by atoms with Gasteiger partial charge in [-0.1, -0.05) is 12.1 Å². The van der Waals surface area contributed by atoms with Gasteiger partial charge in [-0.25, -0.2) is 4.98 Å². The first kappa shape index (κ1) is 15.1. The Hall–Kier alpha value is -2.33. The highest BCUT2D eigenvalue weighted by atomic mass is 32.2. The Morgan fingerprint density at radius 2 is 2.29 bits per heavy atom. The Labute approximate surface area is 127 Å². The maximum Gasteiger partial charge on any atom is 0.252 e. The molecular weight excluding hydrogens is 286 g/mol. The van der Waals surface area contributed by atoms with Gasteiger partial charge < -0.3 is 5.32 Å². The number of amides is 1. The maximum atomic E-state index is 12.1. The summed E-state index contributed by atoms with van der Waals surface area (Å²) in [5.74, 6) is 1.03. The molecule has 0 radical (unpaired) electrons. The predicted octanol–water partition coefficient (Wildman–Crippen LogP) is 1.78. The average molecular weight is 301 g/mol. The Morgan fingerprint density at radius 3 is 3.05 bits per heavy atom. The molecule has 21 heavy (non-hydrogen) atoms. The Balaban J connectivity index is 1.84. The van der Waals surface area contributed by atoms with E-state index >= 15 is 0 Å². The van der Waals surface area contributed by atoms with Gasteiger partial charge >= 0.3 is 0 Å². The highest BCUT2D eigenvalue weighted by Gasteiger charge is 2.10. The molecule has 0 aliphatic rings. The van der Waals surface area contributed by atoms with E-state index in [4.69, 9.17) is 5.26 Å². The number of nitrogens with one attached hydrogen (secondary N) is 2. The molecule has 6 nitrogen and oxygen atoms in total. The summed E-state index contributed by atoms with van der Waals surface area (Å²) in [7, 11) is 0. The number of thioether (sulfide) groups is 1. The molecule has 2 N–H and O–H groups in total. The molecule has 0 bridgehead atoms. The van der Waals surface area contributed by atoms with Crippen LogP contribution < -0.4 is 5.32 Å². The van der Waals surface area contributed by atoms with Crippen molar-refractivity contribution < 1.29 is 4.79 Å². The molecule has 0 fully saturated rings. The molecule has 0 unspecified atom stereocenters. The van der Waals surface area contributed by atoms with E-state index in [0.717, 1.165) is 23.6 Å². The fourth-order valence-electron chi connectivity index (χ4n) is 1.79. The van der Waals surface area contributed by atoms with Gasteiger partial charge in [0.05, 0.1) is 17.4 Å². The number of aromatic nitrogens is 3. The van der Waals surface area contributed by atoms with Crippen molar-refractivity contribution in [3.05, 3.63) is 42.0 Å². The number of carbonyl (C=O) groups is 1. The van der Waals surface area contributed by atoms with Crippen molar-refractivity contribution in [3.8, 4) is 6.07 Å². The molecule has 0 aliphatic carbocycles. The highest BCUT2D eigenvalue weighted by molar-refractivity contribution is 7.99. The zero-order valence-corrected chi connectivity index (χ0v) is 12.2. The molecule has 0 saturated carbocycles. The molecule has 2 rings (SSSR count). The molecule has 0 saturated heterocycles. The number of H-pyrrole nitrogens is 1. The van der Waals surface area contributed by atoms with E-state index in [9.17, 15) is 4.79 Å². The van der Waals surface area contributed by atoms with Crippen LogP contribution in [0.3, 0.4) is 0 Å². The summed E-state index contributed by atoms with van der Waals surface area (Å²) in [6, 6.07) is 9.37. The molecule has 108 valence electrons. The van der Waals surface area contributed by atoms with Crippen LogP contribution in [0.2, 0.25) is 0 Å². The maximum absolute atomic E-state index is 12.1. The summed E-state index contributed by atoms with van der Waals surface area (Å²) < 4.78 is 0. The van der Waals surface area contributed by atoms with Gasteiger partial charge in [0.25, 0.3) is 5.91 Å². The first-order valence-corrected chi connectivity index (χ1v) is 7.51. The van der Waals surface area contributed by atoms with Crippen molar-refractivity contribution in [2.75, 3.05) is 12.3 Å². The van der Waals surface area contributed by atoms with Crippen LogP contribution in [0.15, 0.2) is 35.5 Å². The summed E-state index contributed by atoms with van der Waals surface area (Å²) in [6.45, 7) is 0.566. The molecular formula is C14H15N5OS. The lowest BCUT2D eigenvalue weighted by Gasteiger charge is -2.08. The van der Waals surface area contributed by atoms with Gasteiger partial charge in [0, 0.05) is 17.9 Å². The zero-order chi connectivity index (χ0) is 14.9. The van der Waals surface area contributed by atoms with Gasteiger partial charge in [0.1, 0.15) is 12.2 Å². The fraction of sp³-hybridized carbons (Fsp3) is 0.286. The number of hydrogen-bond acceptors (Lipinski definition) is 5. The molecule has 0 atom stereocenters. The Morgan fingerprint density at radius 1 is 1.43 bits per heavy atom. The minimum atomic E-state index is -0.117. The van der Waals surface area contributed by atoms with E-state index in [1.807, 2.05) is 18.2 Å². The Bertz CT molecular complexity index is 621. The quantitative estimate of drug-likeness (QED) is 0.600. The van der Waals surface area contributed by atoms with Crippen LogP contribution in [0.1, 0.15) is 22.6 Å². The predicted molar refractivity (Wildman–Crippen MR) is 79.8 cm³/mol. The smallest absolute Gasteiger partial charge is 0.252 e. The molecule has 2 aromatic rings. The number of hydrogen-bond donors (Lipinski definition) is 2. The van der Waals surface area contributed by atoms with E-state index < -0.39 is 0 Å². The van der Waals surface area contributed by atoms with Gasteiger partial charge in [0.2, 0.25) is 0 Å². The molecule has 0 aliphatic heterocycles.